The first-order valence-electron chi connectivity index (χ1n) is 9.67. The average molecular weight is 430 g/mol. The van der Waals surface area contributed by atoms with Crippen molar-refractivity contribution < 1.29 is 28.7 Å². The van der Waals surface area contributed by atoms with Crippen LogP contribution in [0.25, 0.3) is 0 Å². The van der Waals surface area contributed by atoms with Crippen molar-refractivity contribution in [1.29, 1.82) is 0 Å². The molecule has 0 atom stereocenters. The predicted molar refractivity (Wildman–Crippen MR) is 116 cm³/mol. The third kappa shape index (κ3) is 4.06. The molecule has 3 aromatic rings. The molecule has 1 N–H and O–H groups in total. The van der Waals surface area contributed by atoms with Crippen LogP contribution >= 0.6 is 0 Å². The first-order valence-corrected chi connectivity index (χ1v) is 9.67. The summed E-state index contributed by atoms with van der Waals surface area (Å²) in [6, 6.07) is 19.1. The first-order chi connectivity index (χ1) is 15.5. The van der Waals surface area contributed by atoms with Gasteiger partial charge in [-0.05, 0) is 60.7 Å². The second-order valence-corrected chi connectivity index (χ2v) is 6.89. The van der Waals surface area contributed by atoms with Gasteiger partial charge in [0.15, 0.2) is 6.61 Å². The van der Waals surface area contributed by atoms with Crippen LogP contribution in [-0.4, -0.2) is 37.4 Å². The quantitative estimate of drug-likeness (QED) is 0.476. The highest BCUT2D eigenvalue weighted by atomic mass is 16.5. The van der Waals surface area contributed by atoms with Gasteiger partial charge in [-0.25, -0.2) is 9.69 Å². The van der Waals surface area contributed by atoms with Crippen molar-refractivity contribution in [2.45, 2.75) is 0 Å². The minimum Gasteiger partial charge on any atom is -0.497 e. The van der Waals surface area contributed by atoms with E-state index in [0.717, 1.165) is 4.90 Å². The van der Waals surface area contributed by atoms with Crippen LogP contribution in [0.3, 0.4) is 0 Å². The maximum absolute atomic E-state index is 12.6. The third-order valence-corrected chi connectivity index (χ3v) is 4.86. The molecule has 8 heteroatoms. The molecule has 8 nitrogen and oxygen atoms in total. The highest BCUT2D eigenvalue weighted by molar-refractivity contribution is 6.34. The highest BCUT2D eigenvalue weighted by Gasteiger charge is 2.36. The molecular formula is C24H18N2O6. The Morgan fingerprint density at radius 1 is 0.844 bits per heavy atom. The van der Waals surface area contributed by atoms with Crippen molar-refractivity contribution in [3.05, 3.63) is 89.5 Å². The van der Waals surface area contributed by atoms with Crippen molar-refractivity contribution in [1.82, 2.24) is 0 Å². The predicted octanol–water partition coefficient (Wildman–Crippen LogP) is 3.29. The Labute approximate surface area is 183 Å². The summed E-state index contributed by atoms with van der Waals surface area (Å²) in [6.45, 7) is -0.467. The molecule has 160 valence electrons. The first kappa shape index (κ1) is 20.8. The van der Waals surface area contributed by atoms with E-state index in [-0.39, 0.29) is 5.56 Å². The van der Waals surface area contributed by atoms with Crippen LogP contribution in [0.5, 0.6) is 5.75 Å². The zero-order valence-corrected chi connectivity index (χ0v) is 17.0. The Morgan fingerprint density at radius 3 is 2.00 bits per heavy atom. The number of amides is 3. The molecule has 0 saturated heterocycles. The number of methoxy groups -OCH3 is 1. The average Bonchev–Trinajstić information content (AvgIpc) is 3.08. The van der Waals surface area contributed by atoms with Crippen LogP contribution in [0, 0.1) is 0 Å². The molecule has 1 aliphatic rings. The molecule has 0 aliphatic carbocycles. The van der Waals surface area contributed by atoms with E-state index in [2.05, 4.69) is 5.32 Å². The monoisotopic (exact) mass is 430 g/mol. The molecule has 0 aromatic heterocycles. The van der Waals surface area contributed by atoms with Crippen LogP contribution in [0.2, 0.25) is 0 Å². The Morgan fingerprint density at radius 2 is 1.44 bits per heavy atom. The summed E-state index contributed by atoms with van der Waals surface area (Å²) in [6.07, 6.45) is 0. The zero-order chi connectivity index (χ0) is 22.7. The standard InChI is InChI=1S/C24H18N2O6/c1-31-18-12-8-16(9-13-18)25-21(27)14-32-24(30)15-6-10-17(11-7-15)26-22(28)19-4-2-3-5-20(19)23(26)29/h2-13H,14H2,1H3,(H,25,27). The lowest BCUT2D eigenvalue weighted by atomic mass is 10.1. The van der Waals surface area contributed by atoms with Gasteiger partial charge in [-0.3, -0.25) is 14.4 Å². The number of benzene rings is 3. The molecule has 0 saturated carbocycles. The fraction of sp³-hybridized carbons (Fsp3) is 0.0833. The molecule has 0 spiro atoms. The van der Waals surface area contributed by atoms with E-state index in [4.69, 9.17) is 9.47 Å². The van der Waals surface area contributed by atoms with E-state index >= 15 is 0 Å². The number of hydrogen-bond donors (Lipinski definition) is 1. The van der Waals surface area contributed by atoms with E-state index in [1.54, 1.807) is 55.6 Å². The summed E-state index contributed by atoms with van der Waals surface area (Å²) in [5.74, 6) is -1.39. The molecule has 3 aromatic carbocycles. The normalized spacial score (nSPS) is 12.3. The molecule has 1 aliphatic heterocycles. The molecule has 0 radical (unpaired) electrons. The summed E-state index contributed by atoms with van der Waals surface area (Å²) in [4.78, 5) is 50.4. The summed E-state index contributed by atoms with van der Waals surface area (Å²) >= 11 is 0. The lowest BCUT2D eigenvalue weighted by Gasteiger charge is -2.14. The van der Waals surface area contributed by atoms with E-state index in [9.17, 15) is 19.2 Å². The molecule has 0 unspecified atom stereocenters. The van der Waals surface area contributed by atoms with Gasteiger partial charge >= 0.3 is 5.97 Å². The van der Waals surface area contributed by atoms with Gasteiger partial charge in [0.1, 0.15) is 5.75 Å². The molecule has 3 amide bonds. The van der Waals surface area contributed by atoms with Crippen molar-refractivity contribution in [2.24, 2.45) is 0 Å². The fourth-order valence-corrected chi connectivity index (χ4v) is 3.26. The number of fused-ring (bicyclic) bond motifs is 1. The number of esters is 1. The minimum absolute atomic E-state index is 0.183. The Bertz CT molecular complexity index is 1170. The Hall–Kier alpha value is -4.46. The van der Waals surface area contributed by atoms with Crippen LogP contribution in [0.15, 0.2) is 72.8 Å². The number of carbonyl (C=O) groups excluding carboxylic acids is 4. The molecule has 4 rings (SSSR count). The van der Waals surface area contributed by atoms with Gasteiger partial charge in [0.25, 0.3) is 17.7 Å². The van der Waals surface area contributed by atoms with Crippen LogP contribution in [0.4, 0.5) is 11.4 Å². The van der Waals surface area contributed by atoms with Gasteiger partial charge in [-0.15, -0.1) is 0 Å². The van der Waals surface area contributed by atoms with Gasteiger partial charge in [0, 0.05) is 5.69 Å². The summed E-state index contributed by atoms with van der Waals surface area (Å²) in [7, 11) is 1.54. The van der Waals surface area contributed by atoms with Crippen molar-refractivity contribution in [3.8, 4) is 5.75 Å². The molecular weight excluding hydrogens is 412 g/mol. The van der Waals surface area contributed by atoms with Gasteiger partial charge < -0.3 is 14.8 Å². The van der Waals surface area contributed by atoms with Crippen molar-refractivity contribution in [2.75, 3.05) is 23.9 Å². The number of rotatable bonds is 6. The van der Waals surface area contributed by atoms with E-state index < -0.39 is 30.3 Å². The maximum Gasteiger partial charge on any atom is 0.338 e. The van der Waals surface area contributed by atoms with Gasteiger partial charge in [0.05, 0.1) is 29.5 Å². The van der Waals surface area contributed by atoms with Crippen molar-refractivity contribution in [3.63, 3.8) is 0 Å². The SMILES string of the molecule is COc1ccc(NC(=O)COC(=O)c2ccc(N3C(=O)c4ccccc4C3=O)cc2)cc1. The summed E-state index contributed by atoms with van der Waals surface area (Å²) in [5.41, 5.74) is 1.73. The minimum atomic E-state index is -0.705. The third-order valence-electron chi connectivity index (χ3n) is 4.86. The number of hydrogen-bond acceptors (Lipinski definition) is 6. The van der Waals surface area contributed by atoms with Crippen LogP contribution in [0.1, 0.15) is 31.1 Å². The topological polar surface area (TPSA) is 102 Å². The zero-order valence-electron chi connectivity index (χ0n) is 17.0. The number of nitrogens with zero attached hydrogens (tertiary/aromatic N) is 1. The van der Waals surface area contributed by atoms with Gasteiger partial charge in [-0.2, -0.15) is 0 Å². The molecule has 0 fully saturated rings. The number of nitrogens with one attached hydrogen (secondary N) is 1. The highest BCUT2D eigenvalue weighted by Crippen LogP contribution is 2.28. The molecule has 0 bridgehead atoms. The van der Waals surface area contributed by atoms with Gasteiger partial charge in [0.2, 0.25) is 0 Å². The summed E-state index contributed by atoms with van der Waals surface area (Å²) < 4.78 is 10.1. The Balaban J connectivity index is 1.36. The van der Waals surface area contributed by atoms with E-state index in [0.29, 0.717) is 28.3 Å². The largest absolute Gasteiger partial charge is 0.497 e. The fourth-order valence-electron chi connectivity index (χ4n) is 3.26. The second kappa shape index (κ2) is 8.73. The second-order valence-electron chi connectivity index (χ2n) is 6.89. The molecule has 1 heterocycles. The summed E-state index contributed by atoms with van der Waals surface area (Å²) in [5, 5.41) is 2.61. The van der Waals surface area contributed by atoms with E-state index in [1.807, 2.05) is 0 Å². The van der Waals surface area contributed by atoms with Crippen molar-refractivity contribution >= 4 is 35.1 Å². The smallest absolute Gasteiger partial charge is 0.338 e. The lowest BCUT2D eigenvalue weighted by Crippen LogP contribution is -2.29. The molecule has 32 heavy (non-hydrogen) atoms. The van der Waals surface area contributed by atoms with Gasteiger partial charge in [-0.1, -0.05) is 12.1 Å². The van der Waals surface area contributed by atoms with Crippen LogP contribution < -0.4 is 15.0 Å². The Kier molecular flexibility index (Phi) is 5.67. The van der Waals surface area contributed by atoms with E-state index in [1.165, 1.54) is 24.3 Å². The number of anilines is 2. The number of carbonyl (C=O) groups is 4. The lowest BCUT2D eigenvalue weighted by molar-refractivity contribution is -0.119. The number of ether oxygens (including phenoxy) is 2. The number of imide groups is 1. The maximum atomic E-state index is 12.6. The van der Waals surface area contributed by atoms with Crippen LogP contribution in [-0.2, 0) is 9.53 Å².